The van der Waals surface area contributed by atoms with E-state index in [1.807, 2.05) is 17.2 Å². The molecule has 1 aliphatic carbocycles. The van der Waals surface area contributed by atoms with Gasteiger partial charge in [-0.05, 0) is 24.8 Å². The van der Waals surface area contributed by atoms with Gasteiger partial charge in [-0.15, -0.1) is 0 Å². The number of hydrogen-bond acceptors (Lipinski definition) is 6. The first-order chi connectivity index (χ1) is 14.3. The van der Waals surface area contributed by atoms with Crippen molar-refractivity contribution in [1.29, 1.82) is 0 Å². The van der Waals surface area contributed by atoms with Crippen molar-refractivity contribution >= 4 is 17.7 Å². The van der Waals surface area contributed by atoms with Crippen LogP contribution >= 0.6 is 0 Å². The van der Waals surface area contributed by atoms with E-state index in [4.69, 9.17) is 9.90 Å². The molecule has 3 heterocycles. The van der Waals surface area contributed by atoms with E-state index < -0.39 is 12.1 Å². The number of pyridine rings is 1. The number of amides is 1. The van der Waals surface area contributed by atoms with Gasteiger partial charge in [0.1, 0.15) is 11.5 Å². The van der Waals surface area contributed by atoms with Gasteiger partial charge >= 0.3 is 12.1 Å². The summed E-state index contributed by atoms with van der Waals surface area (Å²) in [6, 6.07) is 3.99. The van der Waals surface area contributed by atoms with Gasteiger partial charge in [0.25, 0.3) is 5.91 Å². The second-order valence-corrected chi connectivity index (χ2v) is 7.00. The van der Waals surface area contributed by atoms with E-state index >= 15 is 0 Å². The summed E-state index contributed by atoms with van der Waals surface area (Å²) >= 11 is 0. The van der Waals surface area contributed by atoms with Crippen LogP contribution in [0.5, 0.6) is 0 Å². The molecule has 0 bridgehead atoms. The Morgan fingerprint density at radius 1 is 1.13 bits per heavy atom. The van der Waals surface area contributed by atoms with Crippen molar-refractivity contribution in [2.24, 2.45) is 5.92 Å². The van der Waals surface area contributed by atoms with Crippen LogP contribution < -0.4 is 4.90 Å². The minimum absolute atomic E-state index is 0.0684. The van der Waals surface area contributed by atoms with Crippen LogP contribution in [0, 0.1) is 5.92 Å². The fraction of sp³-hybridized carbons (Fsp3) is 0.421. The Hall–Kier alpha value is -3.24. The zero-order valence-corrected chi connectivity index (χ0v) is 15.9. The number of carbonyl (C=O) groups excluding carboxylic acids is 1. The van der Waals surface area contributed by atoms with E-state index in [-0.39, 0.29) is 5.91 Å². The number of alkyl halides is 3. The van der Waals surface area contributed by atoms with E-state index in [1.165, 1.54) is 19.0 Å². The lowest BCUT2D eigenvalue weighted by molar-refractivity contribution is -0.192. The highest BCUT2D eigenvalue weighted by Gasteiger charge is 2.38. The monoisotopic (exact) mass is 423 g/mol. The molecule has 30 heavy (non-hydrogen) atoms. The lowest BCUT2D eigenvalue weighted by Crippen LogP contribution is -2.36. The van der Waals surface area contributed by atoms with E-state index in [2.05, 4.69) is 25.9 Å². The molecule has 0 spiro atoms. The van der Waals surface area contributed by atoms with Crippen LogP contribution in [0.1, 0.15) is 28.9 Å². The van der Waals surface area contributed by atoms with E-state index in [0.717, 1.165) is 30.4 Å². The molecule has 160 valence electrons. The van der Waals surface area contributed by atoms with Gasteiger partial charge in [0.05, 0.1) is 6.20 Å². The maximum Gasteiger partial charge on any atom is 0.490 e. The van der Waals surface area contributed by atoms with E-state index in [1.54, 1.807) is 12.4 Å². The number of aliphatic carboxylic acids is 1. The van der Waals surface area contributed by atoms with Crippen LogP contribution in [0.2, 0.25) is 0 Å². The first-order valence-corrected chi connectivity index (χ1v) is 9.30. The summed E-state index contributed by atoms with van der Waals surface area (Å²) in [5.74, 6) is -1.02. The molecule has 0 aromatic carbocycles. The second-order valence-electron chi connectivity index (χ2n) is 7.00. The zero-order valence-electron chi connectivity index (χ0n) is 15.9. The van der Waals surface area contributed by atoms with Gasteiger partial charge in [-0.3, -0.25) is 9.78 Å². The van der Waals surface area contributed by atoms with Gasteiger partial charge in [-0.25, -0.2) is 14.8 Å². The summed E-state index contributed by atoms with van der Waals surface area (Å²) in [6.45, 7) is 3.10. The third-order valence-electron chi connectivity index (χ3n) is 4.66. The number of carboxylic acids is 1. The SMILES string of the molecule is O=C(O)C(F)(F)F.O=C(c1cnccn1)N1CCN(CC2CC2)c2ncccc2C1. The van der Waals surface area contributed by atoms with Gasteiger partial charge in [-0.2, -0.15) is 13.2 Å². The fourth-order valence-corrected chi connectivity index (χ4v) is 3.01. The molecule has 1 saturated carbocycles. The third-order valence-corrected chi connectivity index (χ3v) is 4.66. The Morgan fingerprint density at radius 2 is 1.87 bits per heavy atom. The maximum atomic E-state index is 12.7. The summed E-state index contributed by atoms with van der Waals surface area (Å²) in [5.41, 5.74) is 1.50. The lowest BCUT2D eigenvalue weighted by Gasteiger charge is -2.23. The van der Waals surface area contributed by atoms with Crippen molar-refractivity contribution < 1.29 is 27.9 Å². The van der Waals surface area contributed by atoms with Crippen LogP contribution in [0.25, 0.3) is 0 Å². The fourth-order valence-electron chi connectivity index (χ4n) is 3.01. The topological polar surface area (TPSA) is 99.5 Å². The number of hydrogen-bond donors (Lipinski definition) is 1. The van der Waals surface area contributed by atoms with Gasteiger partial charge in [0.2, 0.25) is 0 Å². The largest absolute Gasteiger partial charge is 0.490 e. The van der Waals surface area contributed by atoms with E-state index in [9.17, 15) is 18.0 Å². The van der Waals surface area contributed by atoms with Crippen LogP contribution in [0.4, 0.5) is 19.0 Å². The first-order valence-electron chi connectivity index (χ1n) is 9.30. The molecule has 1 fully saturated rings. The van der Waals surface area contributed by atoms with Gasteiger partial charge in [-0.1, -0.05) is 6.07 Å². The maximum absolute atomic E-state index is 12.7. The number of rotatable bonds is 3. The molecular weight excluding hydrogens is 403 g/mol. The Morgan fingerprint density at radius 3 is 2.47 bits per heavy atom. The standard InChI is InChI=1S/C17H19N5O.C2HF3O2/c23-17(15-10-18-6-7-19-15)22-9-8-21(11-13-3-4-13)16-14(12-22)2-1-5-20-16;3-2(4,5)1(6)7/h1-2,5-7,10,13H,3-4,8-9,11-12H2;(H,6,7). The van der Waals surface area contributed by atoms with Crippen molar-refractivity contribution in [3.63, 3.8) is 0 Å². The lowest BCUT2D eigenvalue weighted by atomic mass is 10.2. The number of carboxylic acid groups (broad SMARTS) is 1. The number of carbonyl (C=O) groups is 2. The number of halogens is 3. The molecule has 11 heteroatoms. The Kier molecular flexibility index (Phi) is 6.48. The molecule has 0 saturated heterocycles. The molecule has 8 nitrogen and oxygen atoms in total. The second kappa shape index (κ2) is 9.06. The molecule has 2 aliphatic rings. The van der Waals surface area contributed by atoms with Crippen molar-refractivity contribution in [3.8, 4) is 0 Å². The molecule has 0 unspecified atom stereocenters. The number of fused-ring (bicyclic) bond motifs is 1. The molecule has 0 radical (unpaired) electrons. The van der Waals surface area contributed by atoms with Crippen molar-refractivity contribution in [2.75, 3.05) is 24.5 Å². The van der Waals surface area contributed by atoms with Crippen molar-refractivity contribution in [2.45, 2.75) is 25.6 Å². The minimum Gasteiger partial charge on any atom is -0.475 e. The Bertz CT molecular complexity index is 890. The van der Waals surface area contributed by atoms with Crippen LogP contribution in [0.3, 0.4) is 0 Å². The molecular formula is C19H20F3N5O3. The predicted molar refractivity (Wildman–Crippen MR) is 99.6 cm³/mol. The minimum atomic E-state index is -5.08. The van der Waals surface area contributed by atoms with Crippen molar-refractivity contribution in [1.82, 2.24) is 19.9 Å². The Labute approximate surface area is 170 Å². The summed E-state index contributed by atoms with van der Waals surface area (Å²) in [6.07, 6.45) is 4.02. The third kappa shape index (κ3) is 5.65. The van der Waals surface area contributed by atoms with Gasteiger partial charge in [0, 0.05) is 50.3 Å². The van der Waals surface area contributed by atoms with Crippen LogP contribution in [-0.4, -0.2) is 62.6 Å². The van der Waals surface area contributed by atoms with Crippen LogP contribution in [0.15, 0.2) is 36.9 Å². The summed E-state index contributed by atoms with van der Waals surface area (Å²) < 4.78 is 31.7. The first kappa shape index (κ1) is 21.5. The smallest absolute Gasteiger partial charge is 0.475 e. The summed E-state index contributed by atoms with van der Waals surface area (Å²) in [4.78, 5) is 38.5. The van der Waals surface area contributed by atoms with Gasteiger partial charge < -0.3 is 14.9 Å². The highest BCUT2D eigenvalue weighted by molar-refractivity contribution is 5.92. The number of anilines is 1. The van der Waals surface area contributed by atoms with Gasteiger partial charge in [0.15, 0.2) is 0 Å². The zero-order chi connectivity index (χ0) is 21.7. The van der Waals surface area contributed by atoms with Crippen molar-refractivity contribution in [3.05, 3.63) is 48.2 Å². The molecule has 1 N–H and O–H groups in total. The molecule has 1 aliphatic heterocycles. The normalized spacial score (nSPS) is 16.1. The molecule has 2 aromatic heterocycles. The average Bonchev–Trinajstić information content (AvgIpc) is 3.56. The molecule has 4 rings (SSSR count). The molecule has 1 amide bonds. The summed E-state index contributed by atoms with van der Waals surface area (Å²) in [5, 5.41) is 7.12. The highest BCUT2D eigenvalue weighted by Crippen LogP contribution is 2.32. The number of nitrogens with zero attached hydrogens (tertiary/aromatic N) is 5. The van der Waals surface area contributed by atoms with E-state index in [0.29, 0.717) is 18.8 Å². The predicted octanol–water partition coefficient (Wildman–Crippen LogP) is 2.38. The van der Waals surface area contributed by atoms with Crippen LogP contribution in [-0.2, 0) is 11.3 Å². The quantitative estimate of drug-likeness (QED) is 0.809. The number of aromatic nitrogens is 3. The highest BCUT2D eigenvalue weighted by atomic mass is 19.4. The average molecular weight is 423 g/mol. The summed E-state index contributed by atoms with van der Waals surface area (Å²) in [7, 11) is 0. The Balaban J connectivity index is 0.000000318. The molecule has 0 atom stereocenters. The molecule has 2 aromatic rings.